The summed E-state index contributed by atoms with van der Waals surface area (Å²) in [6, 6.07) is 13.0. The van der Waals surface area contributed by atoms with E-state index >= 15 is 0 Å². The maximum absolute atomic E-state index is 12.7. The molecule has 1 atom stereocenters. The second kappa shape index (κ2) is 5.36. The zero-order valence-electron chi connectivity index (χ0n) is 14.1. The molecule has 0 radical (unpaired) electrons. The molecule has 1 amide bonds. The van der Waals surface area contributed by atoms with Crippen LogP contribution in [-0.4, -0.2) is 11.4 Å². The van der Waals surface area contributed by atoms with Crippen LogP contribution in [0.25, 0.3) is 10.8 Å². The summed E-state index contributed by atoms with van der Waals surface area (Å²) in [5.74, 6) is 0.722. The van der Waals surface area contributed by atoms with E-state index < -0.39 is 0 Å². The molecule has 1 fully saturated rings. The lowest BCUT2D eigenvalue weighted by Gasteiger charge is -2.52. The lowest BCUT2D eigenvalue weighted by atomic mass is 9.69. The van der Waals surface area contributed by atoms with E-state index in [0.717, 1.165) is 19.3 Å². The number of rotatable bonds is 0. The van der Waals surface area contributed by atoms with Gasteiger partial charge in [0.15, 0.2) is 0 Å². The molecule has 0 unspecified atom stereocenters. The Labute approximate surface area is 138 Å². The molecule has 0 aromatic heterocycles. The first-order valence-corrected chi connectivity index (χ1v) is 8.95. The Hall–Kier alpha value is -1.83. The molecule has 4 rings (SSSR count). The van der Waals surface area contributed by atoms with Crippen molar-refractivity contribution >= 4 is 22.4 Å². The summed E-state index contributed by atoms with van der Waals surface area (Å²) >= 11 is 0. The van der Waals surface area contributed by atoms with Crippen LogP contribution < -0.4 is 4.90 Å². The minimum absolute atomic E-state index is 0.0423. The highest BCUT2D eigenvalue weighted by atomic mass is 16.2. The molecule has 2 aromatic rings. The fourth-order valence-electron chi connectivity index (χ4n) is 5.06. The smallest absolute Gasteiger partial charge is 0.224 e. The van der Waals surface area contributed by atoms with Crippen LogP contribution in [0, 0.1) is 0 Å². The standard InChI is InChI=1S/C21H25NO/c1-15-14-21(12-6-3-7-13-21)22(16(2)23)20-18(15)11-10-17-8-4-5-9-19(17)20/h4-5,8-11,15H,3,6-7,12-14H2,1-2H3/t15-/m0/s1. The highest BCUT2D eigenvalue weighted by molar-refractivity contribution is 6.06. The normalized spacial score (nSPS) is 23.0. The van der Waals surface area contributed by atoms with E-state index in [-0.39, 0.29) is 11.4 Å². The summed E-state index contributed by atoms with van der Waals surface area (Å²) in [6.45, 7) is 4.08. The summed E-state index contributed by atoms with van der Waals surface area (Å²) in [6.07, 6.45) is 7.22. The van der Waals surface area contributed by atoms with Crippen molar-refractivity contribution in [2.45, 2.75) is 63.8 Å². The van der Waals surface area contributed by atoms with E-state index in [1.165, 1.54) is 41.3 Å². The molecule has 1 heterocycles. The number of amides is 1. The van der Waals surface area contributed by atoms with Crippen molar-refractivity contribution < 1.29 is 4.79 Å². The van der Waals surface area contributed by atoms with Gasteiger partial charge in [-0.2, -0.15) is 0 Å². The van der Waals surface area contributed by atoms with Crippen LogP contribution in [0.2, 0.25) is 0 Å². The van der Waals surface area contributed by atoms with Gasteiger partial charge in [-0.15, -0.1) is 0 Å². The van der Waals surface area contributed by atoms with E-state index in [2.05, 4.69) is 48.2 Å². The van der Waals surface area contributed by atoms with Crippen LogP contribution in [0.4, 0.5) is 5.69 Å². The van der Waals surface area contributed by atoms with Gasteiger partial charge in [0.25, 0.3) is 0 Å². The second-order valence-electron chi connectivity index (χ2n) is 7.47. The molecule has 1 spiro atoms. The Kier molecular flexibility index (Phi) is 3.44. The zero-order chi connectivity index (χ0) is 16.0. The maximum atomic E-state index is 12.7. The fraction of sp³-hybridized carbons (Fsp3) is 0.476. The molecular formula is C21H25NO. The number of hydrogen-bond donors (Lipinski definition) is 0. The first kappa shape index (κ1) is 14.7. The average molecular weight is 307 g/mol. The molecule has 2 nitrogen and oxygen atoms in total. The number of hydrogen-bond acceptors (Lipinski definition) is 1. The Morgan fingerprint density at radius 3 is 2.57 bits per heavy atom. The van der Waals surface area contributed by atoms with Gasteiger partial charge in [0.1, 0.15) is 0 Å². The number of nitrogens with zero attached hydrogens (tertiary/aromatic N) is 1. The second-order valence-corrected chi connectivity index (χ2v) is 7.47. The fourth-order valence-corrected chi connectivity index (χ4v) is 5.06. The first-order chi connectivity index (χ1) is 11.1. The number of anilines is 1. The molecule has 0 N–H and O–H groups in total. The van der Waals surface area contributed by atoms with Crippen molar-refractivity contribution in [3.05, 3.63) is 42.0 Å². The number of carbonyl (C=O) groups excluding carboxylic acids is 1. The highest BCUT2D eigenvalue weighted by Crippen LogP contribution is 2.51. The average Bonchev–Trinajstić information content (AvgIpc) is 2.55. The van der Waals surface area contributed by atoms with Crippen LogP contribution in [0.5, 0.6) is 0 Å². The Morgan fingerprint density at radius 2 is 1.83 bits per heavy atom. The van der Waals surface area contributed by atoms with Crippen LogP contribution in [0.15, 0.2) is 36.4 Å². The van der Waals surface area contributed by atoms with Gasteiger partial charge in [0.2, 0.25) is 5.91 Å². The molecule has 0 bridgehead atoms. The maximum Gasteiger partial charge on any atom is 0.224 e. The van der Waals surface area contributed by atoms with E-state index in [0.29, 0.717) is 5.92 Å². The molecule has 1 aliphatic carbocycles. The van der Waals surface area contributed by atoms with Crippen molar-refractivity contribution in [2.75, 3.05) is 4.90 Å². The lowest BCUT2D eigenvalue weighted by molar-refractivity contribution is -0.118. The Balaban J connectivity index is 1.99. The monoisotopic (exact) mass is 307 g/mol. The molecule has 2 aliphatic rings. The van der Waals surface area contributed by atoms with Crippen LogP contribution in [0.3, 0.4) is 0 Å². The summed E-state index contributed by atoms with van der Waals surface area (Å²) in [7, 11) is 0. The van der Waals surface area contributed by atoms with Gasteiger partial charge in [-0.1, -0.05) is 62.6 Å². The van der Waals surface area contributed by atoms with E-state index in [9.17, 15) is 4.79 Å². The minimum Gasteiger partial charge on any atom is -0.306 e. The molecular weight excluding hydrogens is 282 g/mol. The van der Waals surface area contributed by atoms with E-state index in [1.54, 1.807) is 6.92 Å². The molecule has 2 heteroatoms. The molecule has 2 aromatic carbocycles. The number of fused-ring (bicyclic) bond motifs is 3. The van der Waals surface area contributed by atoms with Gasteiger partial charge in [-0.3, -0.25) is 4.79 Å². The minimum atomic E-state index is 0.0423. The Bertz CT molecular complexity index is 758. The van der Waals surface area contributed by atoms with Crippen molar-refractivity contribution in [1.29, 1.82) is 0 Å². The summed E-state index contributed by atoms with van der Waals surface area (Å²) < 4.78 is 0. The predicted molar refractivity (Wildman–Crippen MR) is 96.0 cm³/mol. The van der Waals surface area contributed by atoms with Crippen molar-refractivity contribution in [3.8, 4) is 0 Å². The van der Waals surface area contributed by atoms with Crippen molar-refractivity contribution in [1.82, 2.24) is 0 Å². The quantitative estimate of drug-likeness (QED) is 0.638. The van der Waals surface area contributed by atoms with Crippen molar-refractivity contribution in [3.63, 3.8) is 0 Å². The van der Waals surface area contributed by atoms with Crippen LogP contribution in [0.1, 0.15) is 63.9 Å². The molecule has 0 saturated heterocycles. The third kappa shape index (κ3) is 2.19. The summed E-state index contributed by atoms with van der Waals surface area (Å²) in [5.41, 5.74) is 2.58. The van der Waals surface area contributed by atoms with Crippen molar-refractivity contribution in [2.24, 2.45) is 0 Å². The topological polar surface area (TPSA) is 20.3 Å². The first-order valence-electron chi connectivity index (χ1n) is 8.95. The lowest BCUT2D eigenvalue weighted by Crippen LogP contribution is -2.55. The molecule has 1 saturated carbocycles. The van der Waals surface area contributed by atoms with Crippen LogP contribution >= 0.6 is 0 Å². The van der Waals surface area contributed by atoms with E-state index in [4.69, 9.17) is 0 Å². The van der Waals surface area contributed by atoms with Gasteiger partial charge < -0.3 is 4.90 Å². The van der Waals surface area contributed by atoms with Gasteiger partial charge >= 0.3 is 0 Å². The van der Waals surface area contributed by atoms with Gasteiger partial charge in [-0.25, -0.2) is 0 Å². The molecule has 120 valence electrons. The summed E-state index contributed by atoms with van der Waals surface area (Å²) in [5, 5.41) is 2.47. The van der Waals surface area contributed by atoms with Gasteiger partial charge in [0, 0.05) is 17.8 Å². The van der Waals surface area contributed by atoms with Crippen LogP contribution in [-0.2, 0) is 4.79 Å². The van der Waals surface area contributed by atoms with E-state index in [1.807, 2.05) is 0 Å². The molecule has 23 heavy (non-hydrogen) atoms. The Morgan fingerprint density at radius 1 is 1.09 bits per heavy atom. The highest BCUT2D eigenvalue weighted by Gasteiger charge is 2.46. The molecule has 1 aliphatic heterocycles. The third-order valence-corrected chi connectivity index (χ3v) is 5.95. The predicted octanol–water partition coefficient (Wildman–Crippen LogP) is 5.40. The zero-order valence-corrected chi connectivity index (χ0v) is 14.1. The number of benzene rings is 2. The number of carbonyl (C=O) groups is 1. The van der Waals surface area contributed by atoms with Gasteiger partial charge in [0.05, 0.1) is 5.69 Å². The van der Waals surface area contributed by atoms with Gasteiger partial charge in [-0.05, 0) is 36.1 Å². The third-order valence-electron chi connectivity index (χ3n) is 5.95. The SMILES string of the molecule is CC(=O)N1c2c(ccc3ccccc23)[C@@H](C)CC12CCCCC2. The largest absolute Gasteiger partial charge is 0.306 e. The summed E-state index contributed by atoms with van der Waals surface area (Å²) in [4.78, 5) is 14.9.